The zero-order chi connectivity index (χ0) is 15.3. The Labute approximate surface area is 124 Å². The fourth-order valence-electron chi connectivity index (χ4n) is 2.30. The Morgan fingerprint density at radius 3 is 2.33 bits per heavy atom. The van der Waals surface area contributed by atoms with Crippen LogP contribution in [0.1, 0.15) is 27.7 Å². The molecule has 1 aliphatic heterocycles. The third kappa shape index (κ3) is 2.28. The Bertz CT molecular complexity index is 672. The SMILES string of the molecule is COc1ccc2nccc(B3OC(C)(C)C(C)(C)O3)c2n1. The number of aromatic nitrogens is 2. The molecule has 0 N–H and O–H groups in total. The minimum Gasteiger partial charge on any atom is -0.481 e. The van der Waals surface area contributed by atoms with Crippen LogP contribution in [0.15, 0.2) is 24.4 Å². The first kappa shape index (κ1) is 14.3. The van der Waals surface area contributed by atoms with Crippen molar-refractivity contribution >= 4 is 23.6 Å². The first-order chi connectivity index (χ1) is 9.84. The van der Waals surface area contributed by atoms with Crippen LogP contribution in [-0.2, 0) is 9.31 Å². The minimum atomic E-state index is -0.458. The average molecular weight is 286 g/mol. The molecule has 3 heterocycles. The minimum absolute atomic E-state index is 0.383. The summed E-state index contributed by atoms with van der Waals surface area (Å²) in [4.78, 5) is 8.82. The molecule has 5 nitrogen and oxygen atoms in total. The van der Waals surface area contributed by atoms with E-state index in [-0.39, 0.29) is 11.2 Å². The van der Waals surface area contributed by atoms with E-state index in [9.17, 15) is 0 Å². The van der Waals surface area contributed by atoms with E-state index in [2.05, 4.69) is 9.97 Å². The van der Waals surface area contributed by atoms with Crippen molar-refractivity contribution in [1.82, 2.24) is 9.97 Å². The van der Waals surface area contributed by atoms with Gasteiger partial charge in [-0.1, -0.05) is 0 Å². The third-order valence-electron chi connectivity index (χ3n) is 4.31. The highest BCUT2D eigenvalue weighted by molar-refractivity contribution is 6.64. The van der Waals surface area contributed by atoms with E-state index < -0.39 is 7.12 Å². The van der Waals surface area contributed by atoms with Gasteiger partial charge in [-0.25, -0.2) is 4.98 Å². The lowest BCUT2D eigenvalue weighted by molar-refractivity contribution is 0.00578. The van der Waals surface area contributed by atoms with Gasteiger partial charge in [0.15, 0.2) is 0 Å². The maximum absolute atomic E-state index is 6.10. The van der Waals surface area contributed by atoms with Crippen molar-refractivity contribution in [2.75, 3.05) is 7.11 Å². The lowest BCUT2D eigenvalue weighted by Crippen LogP contribution is -2.41. The summed E-state index contributed by atoms with van der Waals surface area (Å²) in [5.74, 6) is 0.549. The molecule has 0 radical (unpaired) electrons. The first-order valence-electron chi connectivity index (χ1n) is 6.99. The molecule has 0 aromatic carbocycles. The van der Waals surface area contributed by atoms with E-state index in [4.69, 9.17) is 14.0 Å². The topological polar surface area (TPSA) is 53.5 Å². The van der Waals surface area contributed by atoms with E-state index in [0.717, 1.165) is 16.5 Å². The number of ether oxygens (including phenoxy) is 1. The van der Waals surface area contributed by atoms with Crippen molar-refractivity contribution in [3.63, 3.8) is 0 Å². The highest BCUT2D eigenvalue weighted by atomic mass is 16.7. The zero-order valence-electron chi connectivity index (χ0n) is 13.0. The summed E-state index contributed by atoms with van der Waals surface area (Å²) in [5.41, 5.74) is 1.65. The normalized spacial score (nSPS) is 20.0. The Kier molecular flexibility index (Phi) is 3.18. The zero-order valence-corrected chi connectivity index (χ0v) is 13.0. The number of methoxy groups -OCH3 is 1. The van der Waals surface area contributed by atoms with Crippen molar-refractivity contribution in [2.24, 2.45) is 0 Å². The summed E-state index contributed by atoms with van der Waals surface area (Å²) in [6, 6.07) is 5.57. The number of fused-ring (bicyclic) bond motifs is 1. The molecule has 0 unspecified atom stereocenters. The van der Waals surface area contributed by atoms with Gasteiger partial charge in [-0.15, -0.1) is 0 Å². The van der Waals surface area contributed by atoms with Crippen molar-refractivity contribution < 1.29 is 14.0 Å². The van der Waals surface area contributed by atoms with Gasteiger partial charge in [-0.05, 0) is 39.8 Å². The number of rotatable bonds is 2. The van der Waals surface area contributed by atoms with Crippen LogP contribution in [0.5, 0.6) is 5.88 Å². The summed E-state index contributed by atoms with van der Waals surface area (Å²) < 4.78 is 17.4. The molecule has 110 valence electrons. The molecule has 0 aliphatic carbocycles. The quantitative estimate of drug-likeness (QED) is 0.790. The molecule has 6 heteroatoms. The van der Waals surface area contributed by atoms with Crippen LogP contribution in [0.2, 0.25) is 0 Å². The van der Waals surface area contributed by atoms with E-state index in [1.54, 1.807) is 19.4 Å². The second-order valence-corrected chi connectivity index (χ2v) is 6.21. The highest BCUT2D eigenvalue weighted by Crippen LogP contribution is 2.36. The Morgan fingerprint density at radius 2 is 1.71 bits per heavy atom. The van der Waals surface area contributed by atoms with Gasteiger partial charge >= 0.3 is 7.12 Å². The van der Waals surface area contributed by atoms with Gasteiger partial charge in [0.05, 0.1) is 29.3 Å². The molecule has 2 aromatic heterocycles. The molecule has 0 bridgehead atoms. The summed E-state index contributed by atoms with van der Waals surface area (Å²) >= 11 is 0. The molecule has 0 saturated carbocycles. The van der Waals surface area contributed by atoms with Gasteiger partial charge in [0.25, 0.3) is 0 Å². The Morgan fingerprint density at radius 1 is 1.05 bits per heavy atom. The number of hydrogen-bond donors (Lipinski definition) is 0. The van der Waals surface area contributed by atoms with Crippen LogP contribution in [0, 0.1) is 0 Å². The molecule has 0 amide bonds. The van der Waals surface area contributed by atoms with Crippen molar-refractivity contribution in [3.05, 3.63) is 24.4 Å². The van der Waals surface area contributed by atoms with Gasteiger partial charge in [0.2, 0.25) is 5.88 Å². The molecule has 0 atom stereocenters. The number of hydrogen-bond acceptors (Lipinski definition) is 5. The summed E-state index contributed by atoms with van der Waals surface area (Å²) in [7, 11) is 1.14. The molecular formula is C15H19BN2O3. The standard InChI is InChI=1S/C15H19BN2O3/c1-14(2)15(3,4)21-16(20-14)10-8-9-17-11-6-7-12(19-5)18-13(10)11/h6-9H,1-5H3. The van der Waals surface area contributed by atoms with Gasteiger partial charge in [0.1, 0.15) is 0 Å². The molecule has 21 heavy (non-hydrogen) atoms. The van der Waals surface area contributed by atoms with Gasteiger partial charge in [-0.3, -0.25) is 4.98 Å². The van der Waals surface area contributed by atoms with Crippen LogP contribution in [0.4, 0.5) is 0 Å². The van der Waals surface area contributed by atoms with E-state index in [1.165, 1.54) is 0 Å². The van der Waals surface area contributed by atoms with Gasteiger partial charge in [-0.2, -0.15) is 0 Å². The second-order valence-electron chi connectivity index (χ2n) is 6.21. The van der Waals surface area contributed by atoms with E-state index in [1.807, 2.05) is 39.8 Å². The molecule has 2 aromatic rings. The van der Waals surface area contributed by atoms with Crippen molar-refractivity contribution in [1.29, 1.82) is 0 Å². The predicted octanol–water partition coefficient (Wildman–Crippen LogP) is 1.94. The maximum atomic E-state index is 6.10. The lowest BCUT2D eigenvalue weighted by Gasteiger charge is -2.32. The largest absolute Gasteiger partial charge is 0.497 e. The molecule has 1 saturated heterocycles. The van der Waals surface area contributed by atoms with E-state index >= 15 is 0 Å². The van der Waals surface area contributed by atoms with E-state index in [0.29, 0.717) is 5.88 Å². The molecule has 1 aliphatic rings. The van der Waals surface area contributed by atoms with Crippen LogP contribution in [0.25, 0.3) is 11.0 Å². The fourth-order valence-corrected chi connectivity index (χ4v) is 2.30. The molecule has 3 rings (SSSR count). The Hall–Kier alpha value is -1.66. The van der Waals surface area contributed by atoms with Gasteiger partial charge < -0.3 is 14.0 Å². The lowest BCUT2D eigenvalue weighted by atomic mass is 9.78. The summed E-state index contributed by atoms with van der Waals surface area (Å²) in [6.07, 6.45) is 1.75. The number of pyridine rings is 2. The molecular weight excluding hydrogens is 267 g/mol. The average Bonchev–Trinajstić information content (AvgIpc) is 2.66. The van der Waals surface area contributed by atoms with Crippen LogP contribution in [-0.4, -0.2) is 35.4 Å². The maximum Gasteiger partial charge on any atom is 0.497 e. The third-order valence-corrected chi connectivity index (χ3v) is 4.31. The first-order valence-corrected chi connectivity index (χ1v) is 6.99. The van der Waals surface area contributed by atoms with Crippen LogP contribution >= 0.6 is 0 Å². The summed E-state index contributed by atoms with van der Waals surface area (Å²) in [5, 5.41) is 0. The second kappa shape index (κ2) is 4.68. The molecule has 1 fully saturated rings. The van der Waals surface area contributed by atoms with Crippen LogP contribution in [0.3, 0.4) is 0 Å². The fraction of sp³-hybridized carbons (Fsp3) is 0.467. The Balaban J connectivity index is 2.09. The van der Waals surface area contributed by atoms with Crippen molar-refractivity contribution in [3.8, 4) is 5.88 Å². The van der Waals surface area contributed by atoms with Crippen molar-refractivity contribution in [2.45, 2.75) is 38.9 Å². The smallest absolute Gasteiger partial charge is 0.481 e. The predicted molar refractivity (Wildman–Crippen MR) is 81.8 cm³/mol. The highest BCUT2D eigenvalue weighted by Gasteiger charge is 2.52. The number of nitrogens with zero attached hydrogens (tertiary/aromatic N) is 2. The monoisotopic (exact) mass is 286 g/mol. The summed E-state index contributed by atoms with van der Waals surface area (Å²) in [6.45, 7) is 8.13. The molecule has 0 spiro atoms. The van der Waals surface area contributed by atoms with Crippen LogP contribution < -0.4 is 10.2 Å². The van der Waals surface area contributed by atoms with Gasteiger partial charge in [0, 0.05) is 17.7 Å².